The van der Waals surface area contributed by atoms with Gasteiger partial charge >= 0.3 is 0 Å². The number of nitrogens with zero attached hydrogens (tertiary/aromatic N) is 3. The molecule has 0 spiro atoms. The van der Waals surface area contributed by atoms with E-state index in [1.54, 1.807) is 4.68 Å². The number of hydrogen-bond acceptors (Lipinski definition) is 4. The van der Waals surface area contributed by atoms with Gasteiger partial charge in [-0.1, -0.05) is 11.6 Å². The van der Waals surface area contributed by atoms with Gasteiger partial charge in [0.2, 0.25) is 10.0 Å². The van der Waals surface area contributed by atoms with E-state index < -0.39 is 10.0 Å². The molecule has 0 saturated heterocycles. The summed E-state index contributed by atoms with van der Waals surface area (Å²) in [6, 6.07) is 2.71. The highest BCUT2D eigenvalue weighted by molar-refractivity contribution is 7.89. The van der Waals surface area contributed by atoms with Crippen LogP contribution in [0.2, 0.25) is 5.15 Å². The predicted molar refractivity (Wildman–Crippen MR) is 76.0 cm³/mol. The van der Waals surface area contributed by atoms with Crippen LogP contribution in [-0.2, 0) is 23.6 Å². The highest BCUT2D eigenvalue weighted by atomic mass is 35.5. The molecule has 2 heterocycles. The van der Waals surface area contributed by atoms with Crippen molar-refractivity contribution in [1.29, 1.82) is 0 Å². The van der Waals surface area contributed by atoms with Gasteiger partial charge in [-0.3, -0.25) is 4.68 Å². The minimum atomic E-state index is -3.62. The van der Waals surface area contributed by atoms with E-state index in [4.69, 9.17) is 11.6 Å². The van der Waals surface area contributed by atoms with E-state index in [0.29, 0.717) is 0 Å². The molecule has 0 bridgehead atoms. The number of aryl methyl sites for hydroxylation is 2. The van der Waals surface area contributed by atoms with Gasteiger partial charge in [-0.2, -0.15) is 5.10 Å². The van der Waals surface area contributed by atoms with Crippen LogP contribution < -0.4 is 4.72 Å². The number of pyridine rings is 1. The summed E-state index contributed by atoms with van der Waals surface area (Å²) in [7, 11) is -1.79. The summed E-state index contributed by atoms with van der Waals surface area (Å²) in [4.78, 5) is 3.86. The first kappa shape index (κ1) is 15.0. The Bertz CT molecular complexity index is 740. The van der Waals surface area contributed by atoms with Crippen LogP contribution in [0.25, 0.3) is 0 Å². The van der Waals surface area contributed by atoms with Gasteiger partial charge in [-0.15, -0.1) is 0 Å². The van der Waals surface area contributed by atoms with Gasteiger partial charge in [-0.25, -0.2) is 18.1 Å². The van der Waals surface area contributed by atoms with E-state index in [-0.39, 0.29) is 16.6 Å². The first-order valence-electron chi connectivity index (χ1n) is 5.91. The summed E-state index contributed by atoms with van der Waals surface area (Å²) in [6.07, 6.45) is 1.36. The van der Waals surface area contributed by atoms with Crippen LogP contribution in [0.15, 0.2) is 23.2 Å². The second kappa shape index (κ2) is 5.51. The molecular weight excluding hydrogens is 300 g/mol. The molecular formula is C12H15ClN4O2S. The molecule has 0 saturated carbocycles. The lowest BCUT2D eigenvalue weighted by Crippen LogP contribution is -2.23. The van der Waals surface area contributed by atoms with E-state index in [1.807, 2.05) is 20.9 Å². The van der Waals surface area contributed by atoms with Crippen molar-refractivity contribution in [2.45, 2.75) is 25.3 Å². The summed E-state index contributed by atoms with van der Waals surface area (Å²) in [5.41, 5.74) is 2.61. The Morgan fingerprint density at radius 2 is 2.10 bits per heavy atom. The molecule has 0 radical (unpaired) electrons. The van der Waals surface area contributed by atoms with Gasteiger partial charge in [0.1, 0.15) is 5.15 Å². The van der Waals surface area contributed by atoms with E-state index >= 15 is 0 Å². The number of aromatic nitrogens is 3. The summed E-state index contributed by atoms with van der Waals surface area (Å²) in [5.74, 6) is 0. The maximum absolute atomic E-state index is 12.2. The van der Waals surface area contributed by atoms with Crippen molar-refractivity contribution in [3.63, 3.8) is 0 Å². The van der Waals surface area contributed by atoms with Crippen LogP contribution in [-0.4, -0.2) is 23.2 Å². The van der Waals surface area contributed by atoms with Gasteiger partial charge in [0.05, 0.1) is 10.6 Å². The standard InChI is InChI=1S/C12H15ClN4O2S/c1-8-11(9(2)17(3)16-8)7-15-20(18,19)10-4-5-14-12(13)6-10/h4-6,15H,7H2,1-3H3. The van der Waals surface area contributed by atoms with Crippen LogP contribution in [0.1, 0.15) is 17.0 Å². The van der Waals surface area contributed by atoms with Crippen LogP contribution in [0.5, 0.6) is 0 Å². The molecule has 2 rings (SSSR count). The molecule has 2 aromatic rings. The molecule has 0 aliphatic rings. The molecule has 0 aliphatic carbocycles. The number of halogens is 1. The zero-order valence-electron chi connectivity index (χ0n) is 11.4. The Morgan fingerprint density at radius 1 is 1.40 bits per heavy atom. The lowest BCUT2D eigenvalue weighted by Gasteiger charge is -2.07. The third kappa shape index (κ3) is 3.00. The fourth-order valence-electron chi connectivity index (χ4n) is 1.88. The Hall–Kier alpha value is -1.44. The molecule has 108 valence electrons. The van der Waals surface area contributed by atoms with Gasteiger partial charge < -0.3 is 0 Å². The maximum Gasteiger partial charge on any atom is 0.241 e. The van der Waals surface area contributed by atoms with Crippen molar-refractivity contribution in [1.82, 2.24) is 19.5 Å². The van der Waals surface area contributed by atoms with Gasteiger partial charge in [0.15, 0.2) is 0 Å². The number of rotatable bonds is 4. The average Bonchev–Trinajstić information content (AvgIpc) is 2.61. The van der Waals surface area contributed by atoms with E-state index in [0.717, 1.165) is 17.0 Å². The van der Waals surface area contributed by atoms with E-state index in [2.05, 4.69) is 14.8 Å². The third-order valence-corrected chi connectivity index (χ3v) is 4.71. The molecule has 0 amide bonds. The predicted octanol–water partition coefficient (Wildman–Crippen LogP) is 1.56. The summed E-state index contributed by atoms with van der Waals surface area (Å²) in [5, 5.41) is 4.39. The second-order valence-electron chi connectivity index (χ2n) is 4.41. The normalized spacial score (nSPS) is 11.8. The Kier molecular flexibility index (Phi) is 4.12. The van der Waals surface area contributed by atoms with Gasteiger partial charge in [0.25, 0.3) is 0 Å². The minimum Gasteiger partial charge on any atom is -0.272 e. The third-order valence-electron chi connectivity index (χ3n) is 3.11. The van der Waals surface area contributed by atoms with Crippen molar-refractivity contribution in [2.24, 2.45) is 7.05 Å². The van der Waals surface area contributed by atoms with Gasteiger partial charge in [0, 0.05) is 31.0 Å². The molecule has 0 unspecified atom stereocenters. The average molecular weight is 315 g/mol. The zero-order chi connectivity index (χ0) is 14.9. The monoisotopic (exact) mass is 314 g/mol. The smallest absolute Gasteiger partial charge is 0.241 e. The van der Waals surface area contributed by atoms with Crippen molar-refractivity contribution in [3.8, 4) is 0 Å². The summed E-state index contributed by atoms with van der Waals surface area (Å²) >= 11 is 5.71. The molecule has 0 aliphatic heterocycles. The largest absolute Gasteiger partial charge is 0.272 e. The molecule has 0 fully saturated rings. The lowest BCUT2D eigenvalue weighted by molar-refractivity contribution is 0.581. The van der Waals surface area contributed by atoms with Crippen molar-refractivity contribution in [2.75, 3.05) is 0 Å². The SMILES string of the molecule is Cc1nn(C)c(C)c1CNS(=O)(=O)c1ccnc(Cl)c1. The Labute approximate surface area is 122 Å². The fraction of sp³-hybridized carbons (Fsp3) is 0.333. The summed E-state index contributed by atoms with van der Waals surface area (Å²) < 4.78 is 28.6. The topological polar surface area (TPSA) is 76.9 Å². The summed E-state index contributed by atoms with van der Waals surface area (Å²) in [6.45, 7) is 3.93. The number of sulfonamides is 1. The maximum atomic E-state index is 12.2. The minimum absolute atomic E-state index is 0.0942. The molecule has 20 heavy (non-hydrogen) atoms. The van der Waals surface area contributed by atoms with Crippen LogP contribution in [0.4, 0.5) is 0 Å². The molecule has 0 atom stereocenters. The van der Waals surface area contributed by atoms with Crippen LogP contribution in [0, 0.1) is 13.8 Å². The number of nitrogens with one attached hydrogen (secondary N) is 1. The number of hydrogen-bond donors (Lipinski definition) is 1. The Balaban J connectivity index is 2.22. The molecule has 8 heteroatoms. The van der Waals surface area contributed by atoms with Crippen LogP contribution >= 0.6 is 11.6 Å². The first-order chi connectivity index (χ1) is 9.31. The quantitative estimate of drug-likeness (QED) is 0.869. The van der Waals surface area contributed by atoms with Crippen molar-refractivity contribution < 1.29 is 8.42 Å². The first-order valence-corrected chi connectivity index (χ1v) is 7.77. The van der Waals surface area contributed by atoms with Crippen molar-refractivity contribution >= 4 is 21.6 Å². The highest BCUT2D eigenvalue weighted by Crippen LogP contribution is 2.15. The second-order valence-corrected chi connectivity index (χ2v) is 6.57. The zero-order valence-corrected chi connectivity index (χ0v) is 13.0. The Morgan fingerprint density at radius 3 is 2.65 bits per heavy atom. The van der Waals surface area contributed by atoms with E-state index in [1.165, 1.54) is 18.3 Å². The molecule has 1 N–H and O–H groups in total. The fourth-order valence-corrected chi connectivity index (χ4v) is 3.12. The highest BCUT2D eigenvalue weighted by Gasteiger charge is 2.17. The molecule has 0 aromatic carbocycles. The van der Waals surface area contributed by atoms with Crippen LogP contribution in [0.3, 0.4) is 0 Å². The van der Waals surface area contributed by atoms with Gasteiger partial charge in [-0.05, 0) is 26.0 Å². The lowest BCUT2D eigenvalue weighted by atomic mass is 10.2. The van der Waals surface area contributed by atoms with Crippen molar-refractivity contribution in [3.05, 3.63) is 40.4 Å². The molecule has 6 nitrogen and oxygen atoms in total. The van der Waals surface area contributed by atoms with E-state index in [9.17, 15) is 8.42 Å². The molecule has 2 aromatic heterocycles.